The molecule has 3 rings (SSSR count). The van der Waals surface area contributed by atoms with Gasteiger partial charge in [0.15, 0.2) is 0 Å². The third kappa shape index (κ3) is 10.0. The van der Waals surface area contributed by atoms with Gasteiger partial charge in [-0.05, 0) is 82.3 Å². The van der Waals surface area contributed by atoms with Gasteiger partial charge in [-0.3, -0.25) is 14.6 Å². The Kier molecular flexibility index (Phi) is 11.2. The van der Waals surface area contributed by atoms with E-state index in [0.717, 1.165) is 29.5 Å². The maximum absolute atomic E-state index is 13.4. The first-order chi connectivity index (χ1) is 19.9. The molecular weight excluding hydrogens is 536 g/mol. The number of anilines is 4. The summed E-state index contributed by atoms with van der Waals surface area (Å²) in [5.41, 5.74) is 3.38. The van der Waals surface area contributed by atoms with Crippen molar-refractivity contribution in [3.8, 4) is 0 Å². The number of benzene rings is 1. The minimum atomic E-state index is -0.684. The van der Waals surface area contributed by atoms with Gasteiger partial charge in [-0.2, -0.15) is 4.98 Å². The number of carbonyl (C=O) groups excluding carboxylic acids is 3. The van der Waals surface area contributed by atoms with E-state index in [9.17, 15) is 14.4 Å². The number of amides is 3. The molecule has 0 aliphatic rings. The van der Waals surface area contributed by atoms with E-state index in [1.54, 1.807) is 39.2 Å². The zero-order valence-corrected chi connectivity index (χ0v) is 25.1. The van der Waals surface area contributed by atoms with Crippen LogP contribution in [0.5, 0.6) is 0 Å². The molecule has 5 N–H and O–H groups in total. The smallest absolute Gasteiger partial charge is 0.408 e. The van der Waals surface area contributed by atoms with E-state index in [1.165, 1.54) is 6.20 Å². The Morgan fingerprint density at radius 2 is 1.62 bits per heavy atom. The quantitative estimate of drug-likeness (QED) is 0.206. The highest BCUT2D eigenvalue weighted by Gasteiger charge is 2.19. The van der Waals surface area contributed by atoms with E-state index in [1.807, 2.05) is 39.0 Å². The van der Waals surface area contributed by atoms with Crippen LogP contribution in [-0.4, -0.2) is 58.1 Å². The normalized spacial score (nSPS) is 10.9. The second-order valence-electron chi connectivity index (χ2n) is 10.8. The van der Waals surface area contributed by atoms with Crippen LogP contribution in [0.25, 0.3) is 0 Å². The first-order valence-electron chi connectivity index (χ1n) is 13.9. The van der Waals surface area contributed by atoms with Crippen molar-refractivity contribution in [1.82, 2.24) is 20.3 Å². The maximum Gasteiger partial charge on any atom is 0.408 e. The van der Waals surface area contributed by atoms with Gasteiger partial charge in [0.2, 0.25) is 11.9 Å². The largest absolute Gasteiger partial charge is 0.444 e. The van der Waals surface area contributed by atoms with E-state index in [4.69, 9.17) is 4.74 Å². The van der Waals surface area contributed by atoms with Crippen LogP contribution < -0.4 is 26.6 Å². The van der Waals surface area contributed by atoms with Gasteiger partial charge < -0.3 is 31.3 Å². The zero-order chi connectivity index (χ0) is 30.7. The predicted molar refractivity (Wildman–Crippen MR) is 164 cm³/mol. The number of pyridine rings is 1. The van der Waals surface area contributed by atoms with Crippen molar-refractivity contribution < 1.29 is 19.1 Å². The summed E-state index contributed by atoms with van der Waals surface area (Å²) in [6.07, 6.45) is 5.93. The Bertz CT molecular complexity index is 1390. The first kappa shape index (κ1) is 31.8. The summed E-state index contributed by atoms with van der Waals surface area (Å²) < 4.78 is 5.16. The highest BCUT2D eigenvalue weighted by molar-refractivity contribution is 6.08. The first-order valence-corrected chi connectivity index (χ1v) is 13.9. The molecule has 3 amide bonds. The van der Waals surface area contributed by atoms with E-state index < -0.39 is 23.5 Å². The van der Waals surface area contributed by atoms with Gasteiger partial charge >= 0.3 is 6.09 Å². The minimum absolute atomic E-state index is 0.267. The van der Waals surface area contributed by atoms with Crippen LogP contribution in [-0.2, 0) is 16.0 Å². The van der Waals surface area contributed by atoms with Crippen LogP contribution in [0.15, 0.2) is 42.9 Å². The number of ether oxygens (including phenoxy) is 1. The topological polar surface area (TPSA) is 159 Å². The lowest BCUT2D eigenvalue weighted by Gasteiger charge is -2.19. The standard InChI is InChI=1S/C30H40N8O4/c1-7-11-32-26-22(17-34-28(38-26)33-14-10-21-8-12-31-13-9-21)27(40)37-24-16-23(19(2)15-20(24)3)36-25(39)18-35-29(41)42-30(4,5)6/h8-9,12-13,15-17H,7,10-11,14,18H2,1-6H3,(H,35,41)(H,36,39)(H,37,40)(H2,32,33,34,38). The van der Waals surface area contributed by atoms with Crippen molar-refractivity contribution >= 4 is 41.0 Å². The molecule has 0 radical (unpaired) electrons. The number of nitrogens with zero attached hydrogens (tertiary/aromatic N) is 3. The molecule has 0 unspecified atom stereocenters. The van der Waals surface area contributed by atoms with Crippen molar-refractivity contribution in [3.63, 3.8) is 0 Å². The predicted octanol–water partition coefficient (Wildman–Crippen LogP) is 4.68. The molecule has 42 heavy (non-hydrogen) atoms. The van der Waals surface area contributed by atoms with Crippen LogP contribution in [0.4, 0.5) is 27.9 Å². The molecule has 12 nitrogen and oxygen atoms in total. The Morgan fingerprint density at radius 3 is 2.29 bits per heavy atom. The molecule has 2 aromatic heterocycles. The fraction of sp³-hybridized carbons (Fsp3) is 0.400. The van der Waals surface area contributed by atoms with E-state index in [-0.39, 0.29) is 12.1 Å². The summed E-state index contributed by atoms with van der Waals surface area (Å²) in [5.74, 6) is 0.00213. The third-order valence-corrected chi connectivity index (χ3v) is 5.91. The molecule has 0 spiro atoms. The molecule has 0 fully saturated rings. The van der Waals surface area contributed by atoms with Gasteiger partial charge in [0.1, 0.15) is 23.5 Å². The van der Waals surface area contributed by atoms with Gasteiger partial charge in [0.05, 0.1) is 0 Å². The highest BCUT2D eigenvalue weighted by Crippen LogP contribution is 2.26. The highest BCUT2D eigenvalue weighted by atomic mass is 16.6. The molecule has 0 atom stereocenters. The maximum atomic E-state index is 13.4. The summed E-state index contributed by atoms with van der Waals surface area (Å²) in [5, 5.41) is 14.6. The lowest BCUT2D eigenvalue weighted by molar-refractivity contribution is -0.115. The van der Waals surface area contributed by atoms with Crippen LogP contribution in [0.3, 0.4) is 0 Å². The lowest BCUT2D eigenvalue weighted by atomic mass is 10.1. The number of alkyl carbamates (subject to hydrolysis) is 1. The van der Waals surface area contributed by atoms with Crippen molar-refractivity contribution in [2.45, 2.75) is 60.0 Å². The SMILES string of the molecule is CCCNc1nc(NCCc2ccncc2)ncc1C(=O)Nc1cc(NC(=O)CNC(=O)OC(C)(C)C)c(C)cc1C. The molecule has 224 valence electrons. The third-order valence-electron chi connectivity index (χ3n) is 5.91. The van der Waals surface area contributed by atoms with E-state index >= 15 is 0 Å². The number of nitrogens with one attached hydrogen (secondary N) is 5. The Labute approximate surface area is 246 Å². The average molecular weight is 577 g/mol. The van der Waals surface area contributed by atoms with Crippen LogP contribution in [0, 0.1) is 13.8 Å². The van der Waals surface area contributed by atoms with Crippen molar-refractivity contribution in [2.75, 3.05) is 40.9 Å². The van der Waals surface area contributed by atoms with Crippen molar-refractivity contribution in [2.24, 2.45) is 0 Å². The second kappa shape index (κ2) is 14.8. The molecule has 0 aliphatic heterocycles. The summed E-state index contributed by atoms with van der Waals surface area (Å²) in [6, 6.07) is 7.45. The van der Waals surface area contributed by atoms with Crippen molar-refractivity contribution in [3.05, 3.63) is 65.1 Å². The van der Waals surface area contributed by atoms with Crippen molar-refractivity contribution in [1.29, 1.82) is 0 Å². The van der Waals surface area contributed by atoms with Crippen LogP contribution in [0.2, 0.25) is 0 Å². The molecule has 0 bridgehead atoms. The number of aryl methyl sites for hydroxylation is 2. The van der Waals surface area contributed by atoms with E-state index in [0.29, 0.717) is 36.2 Å². The van der Waals surface area contributed by atoms with Crippen LogP contribution in [0.1, 0.15) is 61.2 Å². The molecule has 0 saturated heterocycles. The summed E-state index contributed by atoms with van der Waals surface area (Å²) in [7, 11) is 0. The Morgan fingerprint density at radius 1 is 0.929 bits per heavy atom. The molecule has 3 aromatic rings. The second-order valence-corrected chi connectivity index (χ2v) is 10.8. The molecule has 12 heteroatoms. The van der Waals surface area contributed by atoms with Gasteiger partial charge in [-0.1, -0.05) is 13.0 Å². The van der Waals surface area contributed by atoms with E-state index in [2.05, 4.69) is 41.5 Å². The molecule has 0 aliphatic carbocycles. The summed E-state index contributed by atoms with van der Waals surface area (Å²) in [4.78, 5) is 50.7. The fourth-order valence-corrected chi connectivity index (χ4v) is 3.85. The Balaban J connectivity index is 1.69. The number of rotatable bonds is 12. The molecule has 1 aromatic carbocycles. The number of carbonyl (C=O) groups is 3. The Hall–Kier alpha value is -4.74. The summed E-state index contributed by atoms with van der Waals surface area (Å²) >= 11 is 0. The zero-order valence-electron chi connectivity index (χ0n) is 25.1. The number of hydrogen-bond donors (Lipinski definition) is 5. The van der Waals surface area contributed by atoms with Gasteiger partial charge in [0, 0.05) is 43.1 Å². The van der Waals surface area contributed by atoms with Gasteiger partial charge in [0.25, 0.3) is 5.91 Å². The fourth-order valence-electron chi connectivity index (χ4n) is 3.85. The summed E-state index contributed by atoms with van der Waals surface area (Å²) in [6.45, 7) is 11.9. The number of aromatic nitrogens is 3. The lowest BCUT2D eigenvalue weighted by Crippen LogP contribution is -2.37. The minimum Gasteiger partial charge on any atom is -0.444 e. The molecular formula is C30H40N8O4. The van der Waals surface area contributed by atoms with Gasteiger partial charge in [-0.25, -0.2) is 9.78 Å². The number of hydrogen-bond acceptors (Lipinski definition) is 9. The average Bonchev–Trinajstić information content (AvgIpc) is 2.93. The molecule has 0 saturated carbocycles. The van der Waals surface area contributed by atoms with Gasteiger partial charge in [-0.15, -0.1) is 0 Å². The monoisotopic (exact) mass is 576 g/mol. The van der Waals surface area contributed by atoms with Crippen LogP contribution >= 0.6 is 0 Å². The molecule has 2 heterocycles.